The van der Waals surface area contributed by atoms with Gasteiger partial charge in [0.15, 0.2) is 0 Å². The predicted molar refractivity (Wildman–Crippen MR) is 109 cm³/mol. The molecule has 3 aromatic rings. The molecule has 3 rings (SSSR count). The molecule has 6 nitrogen and oxygen atoms in total. The normalized spacial score (nSPS) is 10.2. The van der Waals surface area contributed by atoms with Crippen molar-refractivity contribution in [3.8, 4) is 11.5 Å². The highest BCUT2D eigenvalue weighted by Crippen LogP contribution is 2.24. The van der Waals surface area contributed by atoms with Crippen molar-refractivity contribution in [3.05, 3.63) is 76.0 Å². The highest BCUT2D eigenvalue weighted by atomic mass is 32.1. The van der Waals surface area contributed by atoms with Crippen LogP contribution in [0, 0.1) is 0 Å². The van der Waals surface area contributed by atoms with Gasteiger partial charge in [-0.3, -0.25) is 9.59 Å². The summed E-state index contributed by atoms with van der Waals surface area (Å²) in [5.74, 6) is 0.950. The Labute approximate surface area is 167 Å². The van der Waals surface area contributed by atoms with Gasteiger partial charge in [-0.15, -0.1) is 11.3 Å². The van der Waals surface area contributed by atoms with Crippen molar-refractivity contribution in [2.24, 2.45) is 0 Å². The van der Waals surface area contributed by atoms with Crippen molar-refractivity contribution in [2.45, 2.75) is 6.54 Å². The summed E-state index contributed by atoms with van der Waals surface area (Å²) < 4.78 is 10.5. The Morgan fingerprint density at radius 2 is 1.75 bits per heavy atom. The quantitative estimate of drug-likeness (QED) is 0.634. The molecule has 28 heavy (non-hydrogen) atoms. The van der Waals surface area contributed by atoms with Gasteiger partial charge in [0.05, 0.1) is 19.1 Å². The summed E-state index contributed by atoms with van der Waals surface area (Å²) in [7, 11) is 3.16. The average molecular weight is 396 g/mol. The van der Waals surface area contributed by atoms with E-state index in [9.17, 15) is 9.59 Å². The summed E-state index contributed by atoms with van der Waals surface area (Å²) >= 11 is 1.37. The molecule has 0 atom stereocenters. The molecule has 2 aromatic carbocycles. The van der Waals surface area contributed by atoms with E-state index in [1.807, 2.05) is 23.6 Å². The average Bonchev–Trinajstić information content (AvgIpc) is 3.27. The third-order valence-corrected chi connectivity index (χ3v) is 4.95. The van der Waals surface area contributed by atoms with Gasteiger partial charge < -0.3 is 20.1 Å². The van der Waals surface area contributed by atoms with Crippen molar-refractivity contribution in [3.63, 3.8) is 0 Å². The van der Waals surface area contributed by atoms with Gasteiger partial charge in [0.1, 0.15) is 11.5 Å². The third kappa shape index (κ3) is 4.69. The zero-order chi connectivity index (χ0) is 19.9. The van der Waals surface area contributed by atoms with Gasteiger partial charge >= 0.3 is 0 Å². The molecule has 0 saturated carbocycles. The van der Waals surface area contributed by atoms with Crippen molar-refractivity contribution < 1.29 is 19.1 Å². The van der Waals surface area contributed by atoms with E-state index in [1.54, 1.807) is 50.6 Å². The second-order valence-electron chi connectivity index (χ2n) is 5.87. The van der Waals surface area contributed by atoms with Crippen molar-refractivity contribution in [1.82, 2.24) is 5.32 Å². The first-order valence-electron chi connectivity index (χ1n) is 8.54. The van der Waals surface area contributed by atoms with Gasteiger partial charge in [0.25, 0.3) is 11.8 Å². The Bertz CT molecular complexity index is 953. The number of anilines is 1. The molecular formula is C21H20N2O4S. The third-order valence-electron chi connectivity index (χ3n) is 4.08. The largest absolute Gasteiger partial charge is 0.497 e. The molecule has 7 heteroatoms. The lowest BCUT2D eigenvalue weighted by atomic mass is 10.1. The maximum atomic E-state index is 12.4. The fraction of sp³-hybridized carbons (Fsp3) is 0.143. The van der Waals surface area contributed by atoms with E-state index in [2.05, 4.69) is 10.6 Å². The number of methoxy groups -OCH3 is 2. The smallest absolute Gasteiger partial charge is 0.265 e. The Hall–Kier alpha value is -3.32. The first kappa shape index (κ1) is 19.4. The predicted octanol–water partition coefficient (Wildman–Crippen LogP) is 3.95. The molecule has 144 valence electrons. The van der Waals surface area contributed by atoms with Crippen LogP contribution in [-0.4, -0.2) is 26.0 Å². The van der Waals surface area contributed by atoms with E-state index in [1.165, 1.54) is 11.3 Å². The summed E-state index contributed by atoms with van der Waals surface area (Å²) in [5, 5.41) is 7.52. The number of carbonyl (C=O) groups is 2. The molecule has 0 aliphatic heterocycles. The lowest BCUT2D eigenvalue weighted by Gasteiger charge is -2.11. The molecule has 0 radical (unpaired) electrons. The van der Waals surface area contributed by atoms with Gasteiger partial charge in [-0.05, 0) is 47.8 Å². The minimum atomic E-state index is -0.214. The van der Waals surface area contributed by atoms with Crippen molar-refractivity contribution in [2.75, 3.05) is 19.5 Å². The zero-order valence-electron chi connectivity index (χ0n) is 15.5. The minimum absolute atomic E-state index is 0.168. The monoisotopic (exact) mass is 396 g/mol. The first-order chi connectivity index (χ1) is 13.6. The number of hydrogen-bond donors (Lipinski definition) is 2. The summed E-state index contributed by atoms with van der Waals surface area (Å²) in [6, 6.07) is 15.8. The van der Waals surface area contributed by atoms with Crippen LogP contribution in [0.4, 0.5) is 5.69 Å². The summed E-state index contributed by atoms with van der Waals surface area (Å²) in [4.78, 5) is 25.1. The van der Waals surface area contributed by atoms with Crippen LogP contribution in [0.25, 0.3) is 0 Å². The fourth-order valence-corrected chi connectivity index (χ4v) is 3.20. The second-order valence-corrected chi connectivity index (χ2v) is 6.82. The van der Waals surface area contributed by atoms with Gasteiger partial charge in [-0.25, -0.2) is 0 Å². The maximum Gasteiger partial charge on any atom is 0.265 e. The Morgan fingerprint density at radius 3 is 2.39 bits per heavy atom. The highest BCUT2D eigenvalue weighted by Gasteiger charge is 2.10. The van der Waals surface area contributed by atoms with Crippen LogP contribution >= 0.6 is 11.3 Å². The van der Waals surface area contributed by atoms with Crippen LogP contribution < -0.4 is 20.1 Å². The van der Waals surface area contributed by atoms with Crippen LogP contribution in [0.2, 0.25) is 0 Å². The molecule has 1 heterocycles. The maximum absolute atomic E-state index is 12.4. The van der Waals surface area contributed by atoms with E-state index in [-0.39, 0.29) is 11.8 Å². The SMILES string of the molecule is COc1ccc(CNC(=O)c2ccc(NC(=O)c3cccs3)cc2)c(OC)c1. The van der Waals surface area contributed by atoms with E-state index < -0.39 is 0 Å². The molecule has 0 bridgehead atoms. The van der Waals surface area contributed by atoms with Crippen LogP contribution in [0.5, 0.6) is 11.5 Å². The highest BCUT2D eigenvalue weighted by molar-refractivity contribution is 7.12. The first-order valence-corrected chi connectivity index (χ1v) is 9.42. The standard InChI is InChI=1S/C21H20N2O4S/c1-26-17-10-7-15(18(12-17)27-2)13-22-20(24)14-5-8-16(9-6-14)23-21(25)19-4-3-11-28-19/h3-12H,13H2,1-2H3,(H,22,24)(H,23,25). The lowest BCUT2D eigenvalue weighted by molar-refractivity contribution is 0.0950. The van der Waals surface area contributed by atoms with E-state index in [0.717, 1.165) is 5.56 Å². The minimum Gasteiger partial charge on any atom is -0.497 e. The van der Waals surface area contributed by atoms with E-state index >= 15 is 0 Å². The molecule has 2 N–H and O–H groups in total. The molecule has 0 fully saturated rings. The van der Waals surface area contributed by atoms with Crippen molar-refractivity contribution >= 4 is 28.8 Å². The number of carbonyl (C=O) groups excluding carboxylic acids is 2. The van der Waals surface area contributed by atoms with E-state index in [0.29, 0.717) is 34.2 Å². The molecule has 0 unspecified atom stereocenters. The number of hydrogen-bond acceptors (Lipinski definition) is 5. The topological polar surface area (TPSA) is 76.7 Å². The van der Waals surface area contributed by atoms with Gasteiger partial charge in [0, 0.05) is 29.4 Å². The number of thiophene rings is 1. The van der Waals surface area contributed by atoms with Gasteiger partial charge in [-0.1, -0.05) is 6.07 Å². The van der Waals surface area contributed by atoms with E-state index in [4.69, 9.17) is 9.47 Å². The summed E-state index contributed by atoms with van der Waals surface area (Å²) in [6.45, 7) is 0.322. The molecular weight excluding hydrogens is 376 g/mol. The van der Waals surface area contributed by atoms with Crippen LogP contribution in [-0.2, 0) is 6.54 Å². The van der Waals surface area contributed by atoms with Crippen molar-refractivity contribution in [1.29, 1.82) is 0 Å². The molecule has 0 aliphatic rings. The van der Waals surface area contributed by atoms with Crippen LogP contribution in [0.1, 0.15) is 25.6 Å². The summed E-state index contributed by atoms with van der Waals surface area (Å²) in [5.41, 5.74) is 1.98. The molecule has 1 aromatic heterocycles. The van der Waals surface area contributed by atoms with Crippen LogP contribution in [0.15, 0.2) is 60.0 Å². The number of rotatable bonds is 7. The Kier molecular flexibility index (Phi) is 6.29. The number of benzene rings is 2. The molecule has 0 saturated heterocycles. The Morgan fingerprint density at radius 1 is 0.964 bits per heavy atom. The number of ether oxygens (including phenoxy) is 2. The number of nitrogens with one attached hydrogen (secondary N) is 2. The van der Waals surface area contributed by atoms with Gasteiger partial charge in [-0.2, -0.15) is 0 Å². The zero-order valence-corrected chi connectivity index (χ0v) is 16.3. The second kappa shape index (κ2) is 9.05. The molecule has 0 spiro atoms. The molecule has 2 amide bonds. The van der Waals surface area contributed by atoms with Crippen LogP contribution in [0.3, 0.4) is 0 Å². The Balaban J connectivity index is 1.60. The van der Waals surface area contributed by atoms with Gasteiger partial charge in [0.2, 0.25) is 0 Å². The number of amides is 2. The lowest BCUT2D eigenvalue weighted by Crippen LogP contribution is -2.23. The molecule has 0 aliphatic carbocycles. The summed E-state index contributed by atoms with van der Waals surface area (Å²) in [6.07, 6.45) is 0. The fourth-order valence-electron chi connectivity index (χ4n) is 2.58.